The molecule has 0 atom stereocenters. The Kier molecular flexibility index (Phi) is 4.22. The minimum absolute atomic E-state index is 0.0618. The van der Waals surface area contributed by atoms with E-state index in [0.29, 0.717) is 0 Å². The molecular formula is C16H12FN3O3S. The van der Waals surface area contributed by atoms with E-state index in [0.717, 1.165) is 27.4 Å². The smallest absolute Gasteiger partial charge is 0.305 e. The first kappa shape index (κ1) is 16.0. The van der Waals surface area contributed by atoms with E-state index in [9.17, 15) is 19.3 Å². The number of halogens is 1. The van der Waals surface area contributed by atoms with Gasteiger partial charge in [0.05, 0.1) is 21.7 Å². The lowest BCUT2D eigenvalue weighted by atomic mass is 10.1. The highest BCUT2D eigenvalue weighted by Crippen LogP contribution is 2.24. The molecule has 6 nitrogen and oxygen atoms in total. The van der Waals surface area contributed by atoms with E-state index in [1.54, 1.807) is 7.05 Å². The van der Waals surface area contributed by atoms with Crippen molar-refractivity contribution in [2.24, 2.45) is 0 Å². The van der Waals surface area contributed by atoms with Crippen LogP contribution in [-0.4, -0.2) is 27.8 Å². The minimum atomic E-state index is -0.967. The van der Waals surface area contributed by atoms with E-state index in [1.807, 2.05) is 24.3 Å². The Hall–Kier alpha value is -2.87. The summed E-state index contributed by atoms with van der Waals surface area (Å²) < 4.78 is 14.4. The molecule has 8 heteroatoms. The van der Waals surface area contributed by atoms with Crippen LogP contribution in [0.4, 0.5) is 10.1 Å². The number of carbonyl (C=O) groups is 1. The van der Waals surface area contributed by atoms with Crippen LogP contribution in [-0.2, 0) is 6.54 Å². The molecule has 24 heavy (non-hydrogen) atoms. The summed E-state index contributed by atoms with van der Waals surface area (Å²) in [5.74, 6) is -1.40. The third kappa shape index (κ3) is 3.09. The molecular weight excluding hydrogens is 333 g/mol. The second-order valence-electron chi connectivity index (χ2n) is 5.16. The second-order valence-corrected chi connectivity index (χ2v) is 6.28. The SMILES string of the molecule is CN(Cc1nc2ccccc2s1)C(=O)c1ccc(F)c([N+](=O)[O-])c1. The van der Waals surface area contributed by atoms with Gasteiger partial charge in [0.2, 0.25) is 5.82 Å². The molecule has 0 bridgehead atoms. The fourth-order valence-corrected chi connectivity index (χ4v) is 3.29. The van der Waals surface area contributed by atoms with Gasteiger partial charge < -0.3 is 4.90 Å². The average molecular weight is 345 g/mol. The van der Waals surface area contributed by atoms with E-state index >= 15 is 0 Å². The number of nitro groups is 1. The van der Waals surface area contributed by atoms with Gasteiger partial charge in [-0.25, -0.2) is 4.98 Å². The summed E-state index contributed by atoms with van der Waals surface area (Å²) in [5.41, 5.74) is 0.205. The van der Waals surface area contributed by atoms with E-state index < -0.39 is 22.3 Å². The maximum atomic E-state index is 13.4. The second kappa shape index (κ2) is 6.32. The summed E-state index contributed by atoms with van der Waals surface area (Å²) in [6, 6.07) is 10.8. The van der Waals surface area contributed by atoms with Gasteiger partial charge in [-0.2, -0.15) is 4.39 Å². The van der Waals surface area contributed by atoms with Crippen LogP contribution in [0.15, 0.2) is 42.5 Å². The first-order chi connectivity index (χ1) is 11.5. The standard InChI is InChI=1S/C16H12FN3O3S/c1-19(9-15-18-12-4-2-3-5-14(12)24-15)16(21)10-6-7-11(17)13(8-10)20(22)23/h2-8H,9H2,1H3. The number of nitro benzene ring substituents is 1. The number of thiazole rings is 1. The largest absolute Gasteiger partial charge is 0.335 e. The molecule has 122 valence electrons. The number of hydrogen-bond acceptors (Lipinski definition) is 5. The minimum Gasteiger partial charge on any atom is -0.335 e. The molecule has 1 aromatic heterocycles. The third-order valence-corrected chi connectivity index (χ3v) is 4.47. The van der Waals surface area contributed by atoms with Gasteiger partial charge in [0.25, 0.3) is 5.91 Å². The average Bonchev–Trinajstić information content (AvgIpc) is 2.96. The molecule has 0 aliphatic rings. The summed E-state index contributed by atoms with van der Waals surface area (Å²) >= 11 is 1.48. The molecule has 0 saturated heterocycles. The van der Waals surface area contributed by atoms with Crippen molar-refractivity contribution in [3.8, 4) is 0 Å². The summed E-state index contributed by atoms with van der Waals surface area (Å²) in [7, 11) is 1.57. The number of amides is 1. The zero-order chi connectivity index (χ0) is 17.3. The highest BCUT2D eigenvalue weighted by molar-refractivity contribution is 7.18. The van der Waals surface area contributed by atoms with Crippen LogP contribution in [0.5, 0.6) is 0 Å². The highest BCUT2D eigenvalue weighted by Gasteiger charge is 2.20. The number of hydrogen-bond donors (Lipinski definition) is 0. The molecule has 0 aliphatic carbocycles. The Morgan fingerprint density at radius 3 is 2.79 bits per heavy atom. The lowest BCUT2D eigenvalue weighted by Gasteiger charge is -2.15. The molecule has 0 aliphatic heterocycles. The lowest BCUT2D eigenvalue weighted by Crippen LogP contribution is -2.26. The van der Waals surface area contributed by atoms with Gasteiger partial charge in [0, 0.05) is 18.7 Å². The van der Waals surface area contributed by atoms with E-state index in [1.165, 1.54) is 22.3 Å². The summed E-state index contributed by atoms with van der Waals surface area (Å²) in [6.07, 6.45) is 0. The normalized spacial score (nSPS) is 10.8. The van der Waals surface area contributed by atoms with Crippen LogP contribution in [0.1, 0.15) is 15.4 Å². The van der Waals surface area contributed by atoms with Gasteiger partial charge >= 0.3 is 5.69 Å². The monoisotopic (exact) mass is 345 g/mol. The van der Waals surface area contributed by atoms with Crippen molar-refractivity contribution < 1.29 is 14.1 Å². The molecule has 0 N–H and O–H groups in total. The van der Waals surface area contributed by atoms with E-state index in [4.69, 9.17) is 0 Å². The van der Waals surface area contributed by atoms with Gasteiger partial charge in [-0.1, -0.05) is 12.1 Å². The summed E-state index contributed by atoms with van der Waals surface area (Å²) in [4.78, 5) is 28.2. The number of benzene rings is 2. The fourth-order valence-electron chi connectivity index (χ4n) is 2.27. The number of aromatic nitrogens is 1. The number of para-hydroxylation sites is 1. The van der Waals surface area contributed by atoms with Crippen LogP contribution in [0, 0.1) is 15.9 Å². The number of carbonyl (C=O) groups excluding carboxylic acids is 1. The molecule has 0 saturated carbocycles. The van der Waals surface area contributed by atoms with Crippen molar-refractivity contribution in [3.05, 3.63) is 69.0 Å². The predicted octanol–water partition coefficient (Wildman–Crippen LogP) is 3.62. The number of nitrogens with zero attached hydrogens (tertiary/aromatic N) is 3. The lowest BCUT2D eigenvalue weighted by molar-refractivity contribution is -0.387. The van der Waals surface area contributed by atoms with Crippen molar-refractivity contribution in [2.75, 3.05) is 7.05 Å². The molecule has 1 amide bonds. The van der Waals surface area contributed by atoms with Crippen LogP contribution in [0.3, 0.4) is 0 Å². The zero-order valence-electron chi connectivity index (χ0n) is 12.6. The van der Waals surface area contributed by atoms with Gasteiger partial charge in [-0.15, -0.1) is 11.3 Å². The van der Waals surface area contributed by atoms with Crippen molar-refractivity contribution in [1.82, 2.24) is 9.88 Å². The Balaban J connectivity index is 1.81. The van der Waals surface area contributed by atoms with Gasteiger partial charge in [-0.05, 0) is 24.3 Å². The van der Waals surface area contributed by atoms with Crippen LogP contribution in [0.25, 0.3) is 10.2 Å². The number of fused-ring (bicyclic) bond motifs is 1. The third-order valence-electron chi connectivity index (χ3n) is 3.45. The quantitative estimate of drug-likeness (QED) is 0.534. The predicted molar refractivity (Wildman–Crippen MR) is 88.5 cm³/mol. The van der Waals surface area contributed by atoms with Gasteiger partial charge in [0.1, 0.15) is 5.01 Å². The van der Waals surface area contributed by atoms with Crippen molar-refractivity contribution in [2.45, 2.75) is 6.54 Å². The molecule has 0 unspecified atom stereocenters. The van der Waals surface area contributed by atoms with Crippen LogP contribution in [0.2, 0.25) is 0 Å². The van der Waals surface area contributed by atoms with Crippen LogP contribution < -0.4 is 0 Å². The molecule has 2 aromatic carbocycles. The molecule has 1 heterocycles. The molecule has 0 fully saturated rings. The van der Waals surface area contributed by atoms with Crippen molar-refractivity contribution >= 4 is 33.1 Å². The Morgan fingerprint density at radius 1 is 1.33 bits per heavy atom. The topological polar surface area (TPSA) is 76.3 Å². The first-order valence-electron chi connectivity index (χ1n) is 6.99. The molecule has 0 spiro atoms. The molecule has 3 rings (SSSR count). The zero-order valence-corrected chi connectivity index (χ0v) is 13.4. The number of rotatable bonds is 4. The van der Waals surface area contributed by atoms with Crippen LogP contribution >= 0.6 is 11.3 Å². The Morgan fingerprint density at radius 2 is 2.08 bits per heavy atom. The molecule has 3 aromatic rings. The van der Waals surface area contributed by atoms with E-state index in [-0.39, 0.29) is 12.1 Å². The van der Waals surface area contributed by atoms with Gasteiger partial charge in [-0.3, -0.25) is 14.9 Å². The van der Waals surface area contributed by atoms with E-state index in [2.05, 4.69) is 4.98 Å². The van der Waals surface area contributed by atoms with Crippen molar-refractivity contribution in [3.63, 3.8) is 0 Å². The Bertz CT molecular complexity index is 908. The molecule has 0 radical (unpaired) electrons. The fraction of sp³-hybridized carbons (Fsp3) is 0.125. The van der Waals surface area contributed by atoms with Gasteiger partial charge in [0.15, 0.2) is 0 Å². The maximum Gasteiger partial charge on any atom is 0.305 e. The van der Waals surface area contributed by atoms with Crippen molar-refractivity contribution in [1.29, 1.82) is 0 Å². The highest BCUT2D eigenvalue weighted by atomic mass is 32.1. The maximum absolute atomic E-state index is 13.4. The summed E-state index contributed by atoms with van der Waals surface area (Å²) in [5, 5.41) is 11.5. The Labute approximate surface area is 140 Å². The summed E-state index contributed by atoms with van der Waals surface area (Å²) in [6.45, 7) is 0.267. The first-order valence-corrected chi connectivity index (χ1v) is 7.81.